The molecule has 0 atom stereocenters. The van der Waals surface area contributed by atoms with Gasteiger partial charge in [-0.15, -0.1) is 0 Å². The summed E-state index contributed by atoms with van der Waals surface area (Å²) in [6, 6.07) is 14.3. The summed E-state index contributed by atoms with van der Waals surface area (Å²) in [7, 11) is 1.70. The predicted octanol–water partition coefficient (Wildman–Crippen LogP) is 3.59. The largest absolute Gasteiger partial charge is 0.376 e. The zero-order valence-electron chi connectivity index (χ0n) is 18.4. The molecule has 1 saturated heterocycles. The summed E-state index contributed by atoms with van der Waals surface area (Å²) in [4.78, 5) is 39.9. The van der Waals surface area contributed by atoms with Crippen molar-refractivity contribution in [2.45, 2.75) is 26.7 Å². The molecule has 31 heavy (non-hydrogen) atoms. The molecule has 0 bridgehead atoms. The van der Waals surface area contributed by atoms with Crippen LogP contribution >= 0.6 is 0 Å². The molecule has 164 valence electrons. The van der Waals surface area contributed by atoms with Gasteiger partial charge in [0.15, 0.2) is 0 Å². The standard InChI is InChI=1S/C24H30N4O3/c1-17-11-13-28(14-12-17)24(31)19-5-4-6-21(15-19)25-16-23(30)26-20-7-9-22(10-8-20)27(3)18(2)29/h4-10,15,17,25H,11-14,16H2,1-3H3,(H,26,30). The molecule has 2 aromatic rings. The van der Waals surface area contributed by atoms with E-state index in [4.69, 9.17) is 0 Å². The SMILES string of the molecule is CC(=O)N(C)c1ccc(NC(=O)CNc2cccc(C(=O)N3CCC(C)CC3)c2)cc1. The van der Waals surface area contributed by atoms with Gasteiger partial charge in [0.05, 0.1) is 6.54 Å². The number of nitrogens with zero attached hydrogens (tertiary/aromatic N) is 2. The first-order valence-corrected chi connectivity index (χ1v) is 10.6. The number of hydrogen-bond acceptors (Lipinski definition) is 4. The van der Waals surface area contributed by atoms with Gasteiger partial charge in [0.2, 0.25) is 11.8 Å². The van der Waals surface area contributed by atoms with Gasteiger partial charge < -0.3 is 20.4 Å². The summed E-state index contributed by atoms with van der Waals surface area (Å²) < 4.78 is 0. The molecule has 2 N–H and O–H groups in total. The predicted molar refractivity (Wildman–Crippen MR) is 123 cm³/mol. The summed E-state index contributed by atoms with van der Waals surface area (Å²) in [5.74, 6) is 0.448. The molecule has 0 aromatic heterocycles. The molecule has 0 unspecified atom stereocenters. The van der Waals surface area contributed by atoms with E-state index < -0.39 is 0 Å². The summed E-state index contributed by atoms with van der Waals surface area (Å²) >= 11 is 0. The Morgan fingerprint density at radius 1 is 1.03 bits per heavy atom. The number of amides is 3. The van der Waals surface area contributed by atoms with Gasteiger partial charge >= 0.3 is 0 Å². The van der Waals surface area contributed by atoms with Crippen LogP contribution in [0, 0.1) is 5.92 Å². The van der Waals surface area contributed by atoms with E-state index in [1.807, 2.05) is 23.1 Å². The Morgan fingerprint density at radius 2 is 1.71 bits per heavy atom. The summed E-state index contributed by atoms with van der Waals surface area (Å²) in [5, 5.41) is 5.90. The number of likely N-dealkylation sites (tertiary alicyclic amines) is 1. The van der Waals surface area contributed by atoms with E-state index in [0.29, 0.717) is 17.2 Å². The van der Waals surface area contributed by atoms with Crippen molar-refractivity contribution in [3.8, 4) is 0 Å². The molecule has 3 amide bonds. The van der Waals surface area contributed by atoms with E-state index in [1.54, 1.807) is 37.4 Å². The quantitative estimate of drug-likeness (QED) is 0.745. The van der Waals surface area contributed by atoms with Crippen molar-refractivity contribution >= 4 is 34.8 Å². The van der Waals surface area contributed by atoms with Crippen molar-refractivity contribution in [2.24, 2.45) is 5.92 Å². The zero-order chi connectivity index (χ0) is 22.4. The highest BCUT2D eigenvalue weighted by Crippen LogP contribution is 2.20. The Morgan fingerprint density at radius 3 is 2.35 bits per heavy atom. The van der Waals surface area contributed by atoms with Gasteiger partial charge in [-0.3, -0.25) is 14.4 Å². The van der Waals surface area contributed by atoms with E-state index in [2.05, 4.69) is 17.6 Å². The molecule has 1 fully saturated rings. The lowest BCUT2D eigenvalue weighted by molar-refractivity contribution is -0.116. The van der Waals surface area contributed by atoms with Crippen LogP contribution in [0.2, 0.25) is 0 Å². The van der Waals surface area contributed by atoms with Gasteiger partial charge in [-0.25, -0.2) is 0 Å². The topological polar surface area (TPSA) is 81.8 Å². The lowest BCUT2D eigenvalue weighted by Gasteiger charge is -2.30. The number of piperidine rings is 1. The lowest BCUT2D eigenvalue weighted by Crippen LogP contribution is -2.37. The van der Waals surface area contributed by atoms with Gasteiger partial charge in [-0.2, -0.15) is 0 Å². The van der Waals surface area contributed by atoms with Crippen LogP contribution in [0.1, 0.15) is 37.0 Å². The zero-order valence-corrected chi connectivity index (χ0v) is 18.4. The molecule has 0 saturated carbocycles. The monoisotopic (exact) mass is 422 g/mol. The van der Waals surface area contributed by atoms with E-state index >= 15 is 0 Å². The number of rotatable bonds is 6. The van der Waals surface area contributed by atoms with Crippen molar-refractivity contribution < 1.29 is 14.4 Å². The lowest BCUT2D eigenvalue weighted by atomic mass is 9.98. The van der Waals surface area contributed by atoms with Crippen LogP contribution < -0.4 is 15.5 Å². The average Bonchev–Trinajstić information content (AvgIpc) is 2.78. The highest BCUT2D eigenvalue weighted by Gasteiger charge is 2.21. The molecule has 0 aliphatic carbocycles. The van der Waals surface area contributed by atoms with Crippen molar-refractivity contribution in [2.75, 3.05) is 42.2 Å². The Hall–Kier alpha value is -3.35. The van der Waals surface area contributed by atoms with Gasteiger partial charge in [0.1, 0.15) is 0 Å². The van der Waals surface area contributed by atoms with E-state index in [0.717, 1.165) is 37.3 Å². The molecule has 7 heteroatoms. The van der Waals surface area contributed by atoms with Crippen molar-refractivity contribution in [3.05, 3.63) is 54.1 Å². The van der Waals surface area contributed by atoms with Crippen LogP contribution in [0.4, 0.5) is 17.1 Å². The van der Waals surface area contributed by atoms with Gasteiger partial charge in [-0.1, -0.05) is 13.0 Å². The fraction of sp³-hybridized carbons (Fsp3) is 0.375. The van der Waals surface area contributed by atoms with Crippen LogP contribution in [0.15, 0.2) is 48.5 Å². The minimum Gasteiger partial charge on any atom is -0.376 e. The summed E-state index contributed by atoms with van der Waals surface area (Å²) in [6.07, 6.45) is 2.08. The van der Waals surface area contributed by atoms with Gasteiger partial charge in [0, 0.05) is 49.7 Å². The highest BCUT2D eigenvalue weighted by atomic mass is 16.2. The fourth-order valence-electron chi connectivity index (χ4n) is 3.49. The smallest absolute Gasteiger partial charge is 0.253 e. The van der Waals surface area contributed by atoms with Crippen molar-refractivity contribution in [1.82, 2.24) is 4.90 Å². The van der Waals surface area contributed by atoms with Gasteiger partial charge in [-0.05, 0) is 61.2 Å². The van der Waals surface area contributed by atoms with Crippen molar-refractivity contribution in [1.29, 1.82) is 0 Å². The third-order valence-corrected chi connectivity index (χ3v) is 5.64. The number of hydrogen-bond donors (Lipinski definition) is 2. The number of carbonyl (C=O) groups is 3. The molecule has 1 heterocycles. The second-order valence-corrected chi connectivity index (χ2v) is 8.08. The third kappa shape index (κ3) is 6.07. The molecule has 3 rings (SSSR count). The second-order valence-electron chi connectivity index (χ2n) is 8.08. The van der Waals surface area contributed by atoms with E-state index in [-0.39, 0.29) is 24.3 Å². The molecule has 1 aliphatic heterocycles. The molecular weight excluding hydrogens is 392 g/mol. The minimum absolute atomic E-state index is 0.0376. The third-order valence-electron chi connectivity index (χ3n) is 5.64. The first kappa shape index (κ1) is 22.3. The van der Waals surface area contributed by atoms with Crippen LogP contribution in [-0.4, -0.2) is 49.3 Å². The first-order chi connectivity index (χ1) is 14.8. The maximum Gasteiger partial charge on any atom is 0.253 e. The number of benzene rings is 2. The van der Waals surface area contributed by atoms with E-state index in [1.165, 1.54) is 11.8 Å². The normalized spacial score (nSPS) is 14.1. The second kappa shape index (κ2) is 10.1. The van der Waals surface area contributed by atoms with Crippen LogP contribution in [-0.2, 0) is 9.59 Å². The average molecular weight is 423 g/mol. The highest BCUT2D eigenvalue weighted by molar-refractivity contribution is 5.96. The Kier molecular flexibility index (Phi) is 7.28. The molecular formula is C24H30N4O3. The molecule has 7 nitrogen and oxygen atoms in total. The summed E-state index contributed by atoms with van der Waals surface area (Å²) in [5.41, 5.74) is 2.76. The van der Waals surface area contributed by atoms with Crippen molar-refractivity contribution in [3.63, 3.8) is 0 Å². The Balaban J connectivity index is 1.53. The maximum atomic E-state index is 12.7. The molecule has 1 aliphatic rings. The molecule has 2 aromatic carbocycles. The number of nitrogens with one attached hydrogen (secondary N) is 2. The van der Waals surface area contributed by atoms with Gasteiger partial charge in [0.25, 0.3) is 5.91 Å². The number of anilines is 3. The summed E-state index contributed by atoms with van der Waals surface area (Å²) in [6.45, 7) is 5.38. The number of carbonyl (C=O) groups excluding carboxylic acids is 3. The minimum atomic E-state index is -0.200. The van der Waals surface area contributed by atoms with E-state index in [9.17, 15) is 14.4 Å². The van der Waals surface area contributed by atoms with Crippen LogP contribution in [0.25, 0.3) is 0 Å². The fourth-order valence-corrected chi connectivity index (χ4v) is 3.49. The molecule has 0 radical (unpaired) electrons. The Labute approximate surface area is 183 Å². The first-order valence-electron chi connectivity index (χ1n) is 10.6. The Bertz CT molecular complexity index is 934. The van der Waals surface area contributed by atoms with Crippen LogP contribution in [0.5, 0.6) is 0 Å². The molecule has 0 spiro atoms. The van der Waals surface area contributed by atoms with Crippen LogP contribution in [0.3, 0.4) is 0 Å². The maximum absolute atomic E-state index is 12.7.